The molecule has 0 saturated carbocycles. The van der Waals surface area contributed by atoms with Crippen molar-refractivity contribution in [3.05, 3.63) is 72.2 Å². The molecule has 0 aliphatic carbocycles. The van der Waals surface area contributed by atoms with Crippen molar-refractivity contribution in [1.29, 1.82) is 0 Å². The minimum atomic E-state index is 0.0167. The Morgan fingerprint density at radius 3 is 2.55 bits per heavy atom. The molecule has 0 radical (unpaired) electrons. The number of piperazine rings is 1. The summed E-state index contributed by atoms with van der Waals surface area (Å²) in [6.45, 7) is 4.60. The van der Waals surface area contributed by atoms with Crippen molar-refractivity contribution in [3.63, 3.8) is 0 Å². The molecular formula is C24H25N7O2. The second-order valence-corrected chi connectivity index (χ2v) is 7.91. The predicted octanol–water partition coefficient (Wildman–Crippen LogP) is 3.15. The van der Waals surface area contributed by atoms with Gasteiger partial charge in [0.25, 0.3) is 11.7 Å². The molecule has 1 saturated heterocycles. The van der Waals surface area contributed by atoms with Gasteiger partial charge in [0.15, 0.2) is 0 Å². The number of methoxy groups -OCH3 is 1. The molecule has 3 heterocycles. The number of carbonyl (C=O) groups is 1. The quantitative estimate of drug-likeness (QED) is 0.507. The number of nitrogens with one attached hydrogen (secondary N) is 1. The number of hydrogen-bond donors (Lipinski definition) is 1. The topological polar surface area (TPSA) is 87.9 Å². The molecule has 0 bridgehead atoms. The third-order valence-corrected chi connectivity index (χ3v) is 5.78. The van der Waals surface area contributed by atoms with Gasteiger partial charge in [-0.05, 0) is 43.3 Å². The summed E-state index contributed by atoms with van der Waals surface area (Å²) in [4.78, 5) is 26.1. The first-order chi connectivity index (χ1) is 16.1. The summed E-state index contributed by atoms with van der Waals surface area (Å²) in [5, 5.41) is 7.67. The van der Waals surface area contributed by atoms with Crippen LogP contribution in [-0.4, -0.2) is 63.7 Å². The lowest BCUT2D eigenvalue weighted by molar-refractivity contribution is 0.0747. The van der Waals surface area contributed by atoms with Gasteiger partial charge in [-0.1, -0.05) is 12.1 Å². The van der Waals surface area contributed by atoms with E-state index in [-0.39, 0.29) is 5.91 Å². The second kappa shape index (κ2) is 8.78. The Hall–Kier alpha value is -4.14. The van der Waals surface area contributed by atoms with Gasteiger partial charge in [-0.3, -0.25) is 4.79 Å². The number of para-hydroxylation sites is 1. The molecule has 33 heavy (non-hydrogen) atoms. The number of benzene rings is 2. The summed E-state index contributed by atoms with van der Waals surface area (Å²) in [5.74, 6) is 2.34. The van der Waals surface area contributed by atoms with Crippen LogP contribution in [0.25, 0.3) is 5.78 Å². The first kappa shape index (κ1) is 20.7. The monoisotopic (exact) mass is 443 g/mol. The second-order valence-electron chi connectivity index (χ2n) is 7.91. The Bertz CT molecular complexity index is 1280. The molecule has 2 aromatic carbocycles. The third-order valence-electron chi connectivity index (χ3n) is 5.78. The number of carbonyl (C=O) groups excluding carboxylic acids is 1. The first-order valence-corrected chi connectivity index (χ1v) is 10.8. The molecule has 0 spiro atoms. The zero-order valence-corrected chi connectivity index (χ0v) is 18.6. The van der Waals surface area contributed by atoms with Gasteiger partial charge in [-0.15, -0.1) is 0 Å². The number of anilines is 3. The summed E-state index contributed by atoms with van der Waals surface area (Å²) in [7, 11) is 1.64. The first-order valence-electron chi connectivity index (χ1n) is 10.8. The lowest BCUT2D eigenvalue weighted by Gasteiger charge is -2.36. The molecule has 0 unspecified atom stereocenters. The molecule has 1 fully saturated rings. The van der Waals surface area contributed by atoms with E-state index in [4.69, 9.17) is 4.74 Å². The van der Waals surface area contributed by atoms with Gasteiger partial charge < -0.3 is 19.9 Å². The summed E-state index contributed by atoms with van der Waals surface area (Å²) in [6, 6.07) is 17.3. The maximum absolute atomic E-state index is 13.4. The van der Waals surface area contributed by atoms with Crippen LogP contribution in [-0.2, 0) is 0 Å². The van der Waals surface area contributed by atoms with E-state index < -0.39 is 0 Å². The Morgan fingerprint density at radius 2 is 1.79 bits per heavy atom. The Balaban J connectivity index is 1.30. The van der Waals surface area contributed by atoms with Crippen LogP contribution >= 0.6 is 0 Å². The molecule has 2 aromatic heterocycles. The highest BCUT2D eigenvalue weighted by Crippen LogP contribution is 2.25. The normalized spacial score (nSPS) is 13.9. The van der Waals surface area contributed by atoms with Crippen LogP contribution in [0.15, 0.2) is 60.9 Å². The summed E-state index contributed by atoms with van der Waals surface area (Å²) < 4.78 is 6.97. The minimum absolute atomic E-state index is 0.0167. The fourth-order valence-electron chi connectivity index (χ4n) is 4.05. The van der Waals surface area contributed by atoms with Gasteiger partial charge in [-0.2, -0.15) is 14.6 Å². The smallest absolute Gasteiger partial charge is 0.256 e. The van der Waals surface area contributed by atoms with Crippen LogP contribution in [0.4, 0.5) is 17.2 Å². The Kier molecular flexibility index (Phi) is 5.52. The van der Waals surface area contributed by atoms with Gasteiger partial charge in [0.2, 0.25) is 0 Å². The third kappa shape index (κ3) is 4.17. The predicted molar refractivity (Wildman–Crippen MR) is 126 cm³/mol. The number of aryl methyl sites for hydroxylation is 1. The Morgan fingerprint density at radius 1 is 1.03 bits per heavy atom. The molecule has 168 valence electrons. The Labute approximate surface area is 191 Å². The van der Waals surface area contributed by atoms with Crippen molar-refractivity contribution < 1.29 is 9.53 Å². The maximum atomic E-state index is 13.4. The molecule has 1 aliphatic rings. The van der Waals surface area contributed by atoms with Crippen LogP contribution in [0.3, 0.4) is 0 Å². The molecule has 1 N–H and O–H groups in total. The molecule has 4 aromatic rings. The van der Waals surface area contributed by atoms with E-state index in [1.165, 1.54) is 6.33 Å². The number of rotatable bonds is 5. The maximum Gasteiger partial charge on any atom is 0.256 e. The fraction of sp³-hybridized carbons (Fsp3) is 0.250. The number of hydrogen-bond acceptors (Lipinski definition) is 7. The zero-order chi connectivity index (χ0) is 22.8. The van der Waals surface area contributed by atoms with Crippen molar-refractivity contribution >= 4 is 28.9 Å². The van der Waals surface area contributed by atoms with Crippen LogP contribution in [0.5, 0.6) is 5.75 Å². The summed E-state index contributed by atoms with van der Waals surface area (Å²) in [5.41, 5.74) is 3.22. The van der Waals surface area contributed by atoms with Gasteiger partial charge in [0.05, 0.1) is 18.4 Å². The van der Waals surface area contributed by atoms with E-state index in [2.05, 4.69) is 25.3 Å². The van der Waals surface area contributed by atoms with Crippen LogP contribution in [0, 0.1) is 6.92 Å². The van der Waals surface area contributed by atoms with E-state index in [1.54, 1.807) is 11.6 Å². The zero-order valence-electron chi connectivity index (χ0n) is 18.6. The number of fused-ring (bicyclic) bond motifs is 1. The fourth-order valence-corrected chi connectivity index (χ4v) is 4.05. The minimum Gasteiger partial charge on any atom is -0.497 e. The van der Waals surface area contributed by atoms with Gasteiger partial charge >= 0.3 is 0 Å². The van der Waals surface area contributed by atoms with Crippen molar-refractivity contribution in [2.75, 3.05) is 43.5 Å². The van der Waals surface area contributed by atoms with E-state index in [0.717, 1.165) is 28.6 Å². The highest BCUT2D eigenvalue weighted by atomic mass is 16.5. The average Bonchev–Trinajstić information content (AvgIpc) is 3.32. The number of aromatic nitrogens is 4. The lowest BCUT2D eigenvalue weighted by atomic mass is 10.1. The van der Waals surface area contributed by atoms with E-state index in [0.29, 0.717) is 37.5 Å². The molecular weight excluding hydrogens is 418 g/mol. The average molecular weight is 444 g/mol. The van der Waals surface area contributed by atoms with Crippen LogP contribution < -0.4 is 15.0 Å². The largest absolute Gasteiger partial charge is 0.497 e. The van der Waals surface area contributed by atoms with E-state index in [1.807, 2.05) is 66.4 Å². The SMILES string of the molecule is COc1ccc(Nc2ccccc2C(=O)N2CCN(c3cc(C)nc4ncnn34)CC2)cc1. The van der Waals surface area contributed by atoms with Gasteiger partial charge in [0, 0.05) is 43.6 Å². The standard InChI is InChI=1S/C24H25N7O2/c1-17-15-22(31-24(27-17)25-16-26-31)29-11-13-30(14-12-29)23(32)20-5-3-4-6-21(20)28-18-7-9-19(33-2)10-8-18/h3-10,15-16,28H,11-14H2,1-2H3. The number of amides is 1. The molecule has 5 rings (SSSR count). The molecule has 1 amide bonds. The van der Waals surface area contributed by atoms with Gasteiger partial charge in [0.1, 0.15) is 17.9 Å². The van der Waals surface area contributed by atoms with Crippen molar-refractivity contribution in [2.24, 2.45) is 0 Å². The van der Waals surface area contributed by atoms with Crippen LogP contribution in [0.1, 0.15) is 16.1 Å². The van der Waals surface area contributed by atoms with E-state index in [9.17, 15) is 4.79 Å². The van der Waals surface area contributed by atoms with Gasteiger partial charge in [-0.25, -0.2) is 4.98 Å². The lowest BCUT2D eigenvalue weighted by Crippen LogP contribution is -2.49. The van der Waals surface area contributed by atoms with Crippen molar-refractivity contribution in [1.82, 2.24) is 24.5 Å². The van der Waals surface area contributed by atoms with Crippen molar-refractivity contribution in [3.8, 4) is 5.75 Å². The molecule has 9 heteroatoms. The van der Waals surface area contributed by atoms with Crippen molar-refractivity contribution in [2.45, 2.75) is 6.92 Å². The van der Waals surface area contributed by atoms with Crippen LogP contribution in [0.2, 0.25) is 0 Å². The number of nitrogens with zero attached hydrogens (tertiary/aromatic N) is 6. The summed E-state index contributed by atoms with van der Waals surface area (Å²) >= 11 is 0. The molecule has 9 nitrogen and oxygen atoms in total. The summed E-state index contributed by atoms with van der Waals surface area (Å²) in [6.07, 6.45) is 1.51. The number of ether oxygens (including phenoxy) is 1. The van der Waals surface area contributed by atoms with E-state index >= 15 is 0 Å². The molecule has 1 aliphatic heterocycles. The molecule has 0 atom stereocenters. The highest BCUT2D eigenvalue weighted by molar-refractivity contribution is 6.00. The highest BCUT2D eigenvalue weighted by Gasteiger charge is 2.25.